The summed E-state index contributed by atoms with van der Waals surface area (Å²) in [4.78, 5) is 19.3. The van der Waals surface area contributed by atoms with Gasteiger partial charge in [0, 0.05) is 45.3 Å². The number of rotatable bonds is 7. The Labute approximate surface area is 206 Å². The second-order valence-electron chi connectivity index (χ2n) is 9.14. The maximum atomic E-state index is 13.4. The van der Waals surface area contributed by atoms with E-state index in [4.69, 9.17) is 27.9 Å². The topological polar surface area (TPSA) is 56.2 Å². The first kappa shape index (κ1) is 25.6. The van der Waals surface area contributed by atoms with Crippen LogP contribution < -0.4 is 9.64 Å². The van der Waals surface area contributed by atoms with E-state index < -0.39 is 0 Å². The molecule has 2 aromatic carbocycles. The van der Waals surface area contributed by atoms with Gasteiger partial charge in [0.2, 0.25) is 0 Å². The minimum absolute atomic E-state index is 0.0564. The first-order chi connectivity index (χ1) is 15.6. The van der Waals surface area contributed by atoms with E-state index in [1.165, 1.54) is 0 Å². The number of aliphatic hydroxyl groups is 1. The Balaban J connectivity index is 1.88. The zero-order chi connectivity index (χ0) is 24.3. The zero-order valence-electron chi connectivity index (χ0n) is 19.9. The summed E-state index contributed by atoms with van der Waals surface area (Å²) in [6.45, 7) is 5.70. The fraction of sp³-hybridized carbons (Fsp3) is 0.480. The summed E-state index contributed by atoms with van der Waals surface area (Å²) in [5, 5.41) is 10.9. The first-order valence-corrected chi connectivity index (χ1v) is 11.9. The minimum atomic E-state index is -0.288. The van der Waals surface area contributed by atoms with Crippen molar-refractivity contribution in [3.63, 3.8) is 0 Å². The van der Waals surface area contributed by atoms with Crippen molar-refractivity contribution in [2.45, 2.75) is 32.5 Å². The highest BCUT2D eigenvalue weighted by Gasteiger charge is 2.33. The van der Waals surface area contributed by atoms with Gasteiger partial charge in [-0.1, -0.05) is 36.2 Å². The van der Waals surface area contributed by atoms with Crippen molar-refractivity contribution in [1.82, 2.24) is 9.80 Å². The third-order valence-corrected chi connectivity index (χ3v) is 6.83. The third kappa shape index (κ3) is 6.12. The largest absolute Gasteiger partial charge is 0.488 e. The van der Waals surface area contributed by atoms with E-state index >= 15 is 0 Å². The molecular weight excluding hydrogens is 461 g/mol. The number of hydrogen-bond donors (Lipinski definition) is 1. The van der Waals surface area contributed by atoms with E-state index in [0.29, 0.717) is 41.0 Å². The molecule has 0 saturated carbocycles. The van der Waals surface area contributed by atoms with E-state index in [1.54, 1.807) is 11.0 Å². The standard InChI is InChI=1S/C25H33Cl2N3O3/c1-16-12-30(17(2)15-31)25(32)20-11-19(28(3)4)7-9-23(20)33-24(16)14-29(5)13-18-6-8-21(26)22(27)10-18/h6-11,16-17,24,31H,12-15H2,1-5H3/t16-,17+,24+/m0/s1. The molecule has 1 aliphatic rings. The Morgan fingerprint density at radius 3 is 2.52 bits per heavy atom. The molecule has 1 amide bonds. The lowest BCUT2D eigenvalue weighted by molar-refractivity contribution is 0.0341. The Morgan fingerprint density at radius 2 is 1.88 bits per heavy atom. The molecule has 3 atom stereocenters. The summed E-state index contributed by atoms with van der Waals surface area (Å²) in [5.74, 6) is 0.505. The molecule has 0 spiro atoms. The summed E-state index contributed by atoms with van der Waals surface area (Å²) < 4.78 is 6.45. The van der Waals surface area contributed by atoms with E-state index in [9.17, 15) is 9.90 Å². The van der Waals surface area contributed by atoms with Crippen LogP contribution >= 0.6 is 23.2 Å². The van der Waals surface area contributed by atoms with Crippen LogP contribution in [0.4, 0.5) is 5.69 Å². The van der Waals surface area contributed by atoms with Gasteiger partial charge >= 0.3 is 0 Å². The Bertz CT molecular complexity index is 985. The number of anilines is 1. The molecule has 6 nitrogen and oxygen atoms in total. The molecule has 33 heavy (non-hydrogen) atoms. The molecular formula is C25H33Cl2N3O3. The van der Waals surface area contributed by atoms with Crippen LogP contribution in [0.2, 0.25) is 10.0 Å². The normalized spacial score (nSPS) is 19.5. The van der Waals surface area contributed by atoms with Gasteiger partial charge in [-0.2, -0.15) is 0 Å². The molecule has 0 aromatic heterocycles. The molecule has 0 aliphatic carbocycles. The molecule has 0 bridgehead atoms. The molecule has 180 valence electrons. The van der Waals surface area contributed by atoms with Gasteiger partial charge in [0.25, 0.3) is 5.91 Å². The number of nitrogens with zero attached hydrogens (tertiary/aromatic N) is 3. The van der Waals surface area contributed by atoms with E-state index in [1.807, 2.05) is 63.3 Å². The number of carbonyl (C=O) groups is 1. The van der Waals surface area contributed by atoms with E-state index in [-0.39, 0.29) is 30.6 Å². The van der Waals surface area contributed by atoms with Gasteiger partial charge in [0.05, 0.1) is 28.3 Å². The van der Waals surface area contributed by atoms with Crippen molar-refractivity contribution < 1.29 is 14.6 Å². The van der Waals surface area contributed by atoms with Crippen LogP contribution in [-0.4, -0.2) is 73.8 Å². The van der Waals surface area contributed by atoms with Crippen molar-refractivity contribution >= 4 is 34.8 Å². The molecule has 3 rings (SSSR count). The molecule has 1 aliphatic heterocycles. The maximum absolute atomic E-state index is 13.4. The minimum Gasteiger partial charge on any atom is -0.488 e. The fourth-order valence-electron chi connectivity index (χ4n) is 4.03. The number of amides is 1. The van der Waals surface area contributed by atoms with E-state index in [2.05, 4.69) is 11.8 Å². The highest BCUT2D eigenvalue weighted by Crippen LogP contribution is 2.31. The fourth-order valence-corrected chi connectivity index (χ4v) is 4.35. The van der Waals surface area contributed by atoms with Crippen molar-refractivity contribution in [3.8, 4) is 5.75 Å². The summed E-state index contributed by atoms with van der Waals surface area (Å²) in [7, 11) is 5.91. The first-order valence-electron chi connectivity index (χ1n) is 11.1. The lowest BCUT2D eigenvalue weighted by atomic mass is 9.99. The molecule has 8 heteroatoms. The van der Waals surface area contributed by atoms with Crippen LogP contribution in [0.15, 0.2) is 36.4 Å². The highest BCUT2D eigenvalue weighted by atomic mass is 35.5. The Hall–Kier alpha value is -1.99. The predicted molar refractivity (Wildman–Crippen MR) is 135 cm³/mol. The van der Waals surface area contributed by atoms with Gasteiger partial charge in [-0.05, 0) is 49.9 Å². The van der Waals surface area contributed by atoms with Crippen LogP contribution in [0.25, 0.3) is 0 Å². The van der Waals surface area contributed by atoms with Crippen LogP contribution in [0.3, 0.4) is 0 Å². The molecule has 2 aromatic rings. The van der Waals surface area contributed by atoms with Gasteiger partial charge in [-0.25, -0.2) is 0 Å². The monoisotopic (exact) mass is 493 g/mol. The van der Waals surface area contributed by atoms with Gasteiger partial charge in [-0.3, -0.25) is 9.69 Å². The van der Waals surface area contributed by atoms with Crippen molar-refractivity contribution in [1.29, 1.82) is 0 Å². The Kier molecular flexibility index (Phi) is 8.51. The van der Waals surface area contributed by atoms with Crippen molar-refractivity contribution in [2.75, 3.05) is 45.7 Å². The molecule has 1 heterocycles. The van der Waals surface area contributed by atoms with Gasteiger partial charge < -0.3 is 19.6 Å². The van der Waals surface area contributed by atoms with Crippen molar-refractivity contribution in [2.24, 2.45) is 5.92 Å². The molecule has 1 N–H and O–H groups in total. The number of benzene rings is 2. The van der Waals surface area contributed by atoms with Crippen LogP contribution in [0.1, 0.15) is 29.8 Å². The average Bonchev–Trinajstić information content (AvgIpc) is 2.77. The highest BCUT2D eigenvalue weighted by molar-refractivity contribution is 6.42. The smallest absolute Gasteiger partial charge is 0.258 e. The number of likely N-dealkylation sites (N-methyl/N-ethyl adjacent to an activating group) is 1. The van der Waals surface area contributed by atoms with Gasteiger partial charge in [0.1, 0.15) is 11.9 Å². The zero-order valence-corrected chi connectivity index (χ0v) is 21.4. The summed E-state index contributed by atoms with van der Waals surface area (Å²) in [5.41, 5.74) is 2.50. The number of ether oxygens (including phenoxy) is 1. The molecule has 0 unspecified atom stereocenters. The number of aliphatic hydroxyl groups excluding tert-OH is 1. The van der Waals surface area contributed by atoms with Gasteiger partial charge in [-0.15, -0.1) is 0 Å². The van der Waals surface area contributed by atoms with Gasteiger partial charge in [0.15, 0.2) is 0 Å². The third-order valence-electron chi connectivity index (χ3n) is 6.09. The number of carbonyl (C=O) groups excluding carboxylic acids is 1. The second kappa shape index (κ2) is 11.0. The predicted octanol–water partition coefficient (Wildman–Crippen LogP) is 4.41. The molecule has 0 fully saturated rings. The van der Waals surface area contributed by atoms with Crippen molar-refractivity contribution in [3.05, 3.63) is 57.6 Å². The molecule has 0 saturated heterocycles. The van der Waals surface area contributed by atoms with Crippen LogP contribution in [0.5, 0.6) is 5.75 Å². The maximum Gasteiger partial charge on any atom is 0.258 e. The lowest BCUT2D eigenvalue weighted by Gasteiger charge is -2.38. The number of halogens is 2. The van der Waals surface area contributed by atoms with Crippen LogP contribution in [-0.2, 0) is 6.54 Å². The summed E-state index contributed by atoms with van der Waals surface area (Å²) in [6.07, 6.45) is -0.150. The number of hydrogen-bond acceptors (Lipinski definition) is 5. The second-order valence-corrected chi connectivity index (χ2v) is 9.96. The SMILES string of the molecule is C[C@H](CO)N1C[C@H](C)[C@@H](CN(C)Cc2ccc(Cl)c(Cl)c2)Oc2ccc(N(C)C)cc2C1=O. The van der Waals surface area contributed by atoms with E-state index in [0.717, 1.165) is 11.3 Å². The average molecular weight is 494 g/mol. The Morgan fingerprint density at radius 1 is 1.15 bits per heavy atom. The summed E-state index contributed by atoms with van der Waals surface area (Å²) >= 11 is 12.2. The van der Waals surface area contributed by atoms with Crippen LogP contribution in [0, 0.1) is 5.92 Å². The number of fused-ring (bicyclic) bond motifs is 1. The summed E-state index contributed by atoms with van der Waals surface area (Å²) in [6, 6.07) is 11.0. The quantitative estimate of drug-likeness (QED) is 0.618. The lowest BCUT2D eigenvalue weighted by Crippen LogP contribution is -2.49. The molecule has 0 radical (unpaired) electrons.